The van der Waals surface area contributed by atoms with Crippen molar-refractivity contribution in [2.45, 2.75) is 19.4 Å². The highest BCUT2D eigenvalue weighted by atomic mass is 16.4. The lowest BCUT2D eigenvalue weighted by atomic mass is 10.2. The number of rotatable bonds is 7. The van der Waals surface area contributed by atoms with E-state index in [4.69, 9.17) is 5.11 Å². The quantitative estimate of drug-likeness (QED) is 0.721. The Morgan fingerprint density at radius 2 is 1.86 bits per heavy atom. The first kappa shape index (κ1) is 15.4. The van der Waals surface area contributed by atoms with Crippen LogP contribution in [0.25, 0.3) is 0 Å². The van der Waals surface area contributed by atoms with E-state index in [9.17, 15) is 9.59 Å². The first-order valence-electron chi connectivity index (χ1n) is 6.74. The van der Waals surface area contributed by atoms with Crippen LogP contribution in [0.5, 0.6) is 0 Å². The molecule has 0 fully saturated rings. The van der Waals surface area contributed by atoms with Crippen molar-refractivity contribution >= 4 is 23.4 Å². The molecule has 0 aliphatic carbocycles. The maximum Gasteiger partial charge on any atom is 0.303 e. The van der Waals surface area contributed by atoms with E-state index < -0.39 is 5.97 Å². The van der Waals surface area contributed by atoms with E-state index in [2.05, 4.69) is 20.6 Å². The van der Waals surface area contributed by atoms with Crippen molar-refractivity contribution in [1.29, 1.82) is 0 Å². The number of carboxylic acids is 1. The summed E-state index contributed by atoms with van der Waals surface area (Å²) in [5.74, 6) is -0.976. The monoisotopic (exact) mass is 300 g/mol. The summed E-state index contributed by atoms with van der Waals surface area (Å²) in [6.07, 6.45) is 4.79. The molecule has 2 aromatic rings. The van der Waals surface area contributed by atoms with E-state index in [0.29, 0.717) is 12.4 Å². The normalized spacial score (nSPS) is 10.0. The summed E-state index contributed by atoms with van der Waals surface area (Å²) in [6.45, 7) is 0.647. The summed E-state index contributed by atoms with van der Waals surface area (Å²) in [5, 5.41) is 14.3. The van der Waals surface area contributed by atoms with E-state index >= 15 is 0 Å². The minimum absolute atomic E-state index is 0.0704. The molecule has 3 N–H and O–H groups in total. The zero-order valence-corrected chi connectivity index (χ0v) is 11.8. The number of carbonyl (C=O) groups excluding carboxylic acids is 1. The Hall–Kier alpha value is -2.96. The number of hydrogen-bond donors (Lipinski definition) is 3. The molecule has 2 heterocycles. The molecule has 2 aromatic heterocycles. The minimum atomic E-state index is -1.00. The Balaban J connectivity index is 1.82. The van der Waals surface area contributed by atoms with Crippen molar-refractivity contribution in [2.75, 3.05) is 10.6 Å². The molecule has 0 spiro atoms. The number of pyridine rings is 2. The van der Waals surface area contributed by atoms with Crippen LogP contribution >= 0.6 is 0 Å². The zero-order chi connectivity index (χ0) is 15.8. The maximum absolute atomic E-state index is 11.5. The molecule has 7 nitrogen and oxygen atoms in total. The van der Waals surface area contributed by atoms with Gasteiger partial charge in [-0.1, -0.05) is 0 Å². The molecule has 7 heteroatoms. The Kier molecular flexibility index (Phi) is 5.42. The van der Waals surface area contributed by atoms with E-state index in [-0.39, 0.29) is 18.7 Å². The standard InChI is InChI=1S/C15H16N4O3/c20-14(3-4-15(21)22)19-13-2-1-12(10-18-13)17-9-11-5-7-16-8-6-11/h1-2,5-8,10,17H,3-4,9H2,(H,21,22)(H,18,19,20). The van der Waals surface area contributed by atoms with Crippen molar-refractivity contribution < 1.29 is 14.7 Å². The van der Waals surface area contributed by atoms with Gasteiger partial charge in [-0.05, 0) is 29.8 Å². The average Bonchev–Trinajstić information content (AvgIpc) is 2.53. The fourth-order valence-corrected chi connectivity index (χ4v) is 1.70. The summed E-state index contributed by atoms with van der Waals surface area (Å²) >= 11 is 0. The number of nitrogens with one attached hydrogen (secondary N) is 2. The van der Waals surface area contributed by atoms with Crippen LogP contribution in [0.1, 0.15) is 18.4 Å². The van der Waals surface area contributed by atoms with E-state index in [1.54, 1.807) is 30.7 Å². The van der Waals surface area contributed by atoms with Crippen molar-refractivity contribution in [2.24, 2.45) is 0 Å². The lowest BCUT2D eigenvalue weighted by Gasteiger charge is -2.07. The predicted molar refractivity (Wildman–Crippen MR) is 81.3 cm³/mol. The second kappa shape index (κ2) is 7.72. The fraction of sp³-hybridized carbons (Fsp3) is 0.200. The average molecular weight is 300 g/mol. The molecule has 114 valence electrons. The first-order valence-corrected chi connectivity index (χ1v) is 6.74. The molecule has 0 aromatic carbocycles. The van der Waals surface area contributed by atoms with Crippen molar-refractivity contribution in [1.82, 2.24) is 9.97 Å². The van der Waals surface area contributed by atoms with Gasteiger partial charge in [0.25, 0.3) is 0 Å². The summed E-state index contributed by atoms with van der Waals surface area (Å²) in [4.78, 5) is 29.9. The van der Waals surface area contributed by atoms with Gasteiger partial charge in [-0.3, -0.25) is 14.6 Å². The van der Waals surface area contributed by atoms with Crippen LogP contribution < -0.4 is 10.6 Å². The molecule has 22 heavy (non-hydrogen) atoms. The van der Waals surface area contributed by atoms with Gasteiger partial charge in [0, 0.05) is 25.4 Å². The molecule has 0 saturated heterocycles. The van der Waals surface area contributed by atoms with Gasteiger partial charge in [-0.15, -0.1) is 0 Å². The SMILES string of the molecule is O=C(O)CCC(=O)Nc1ccc(NCc2ccncc2)cn1. The third-order valence-electron chi connectivity index (χ3n) is 2.84. The summed E-state index contributed by atoms with van der Waals surface area (Å²) < 4.78 is 0. The van der Waals surface area contributed by atoms with E-state index in [1.165, 1.54) is 0 Å². The number of carboxylic acid groups (broad SMARTS) is 1. The van der Waals surface area contributed by atoms with Gasteiger partial charge in [0.1, 0.15) is 5.82 Å². The molecule has 0 aliphatic heterocycles. The van der Waals surface area contributed by atoms with E-state index in [1.807, 2.05) is 12.1 Å². The van der Waals surface area contributed by atoms with Crippen LogP contribution in [0.4, 0.5) is 11.5 Å². The highest BCUT2D eigenvalue weighted by molar-refractivity contribution is 5.91. The number of hydrogen-bond acceptors (Lipinski definition) is 5. The third-order valence-corrected chi connectivity index (χ3v) is 2.84. The number of anilines is 2. The predicted octanol–water partition coefficient (Wildman–Crippen LogP) is 1.89. The number of aromatic nitrogens is 2. The molecule has 0 unspecified atom stereocenters. The second-order valence-corrected chi connectivity index (χ2v) is 4.58. The van der Waals surface area contributed by atoms with Crippen LogP contribution in [0.15, 0.2) is 42.9 Å². The molecule has 0 saturated carbocycles. The molecule has 2 rings (SSSR count). The lowest BCUT2D eigenvalue weighted by molar-refractivity contribution is -0.138. The summed E-state index contributed by atoms with van der Waals surface area (Å²) in [7, 11) is 0. The minimum Gasteiger partial charge on any atom is -0.481 e. The fourth-order valence-electron chi connectivity index (χ4n) is 1.70. The van der Waals surface area contributed by atoms with Crippen LogP contribution in [-0.2, 0) is 16.1 Å². The van der Waals surface area contributed by atoms with E-state index in [0.717, 1.165) is 11.3 Å². The Bertz CT molecular complexity index is 629. The smallest absolute Gasteiger partial charge is 0.303 e. The molecule has 0 aliphatic rings. The van der Waals surface area contributed by atoms with Gasteiger partial charge in [-0.2, -0.15) is 0 Å². The maximum atomic E-state index is 11.5. The number of aliphatic carboxylic acids is 1. The van der Waals surface area contributed by atoms with Gasteiger partial charge in [-0.25, -0.2) is 4.98 Å². The van der Waals surface area contributed by atoms with Gasteiger partial charge >= 0.3 is 5.97 Å². The Morgan fingerprint density at radius 1 is 1.09 bits per heavy atom. The Labute approximate surface area is 127 Å². The molecule has 0 radical (unpaired) electrons. The van der Waals surface area contributed by atoms with Crippen LogP contribution in [-0.4, -0.2) is 27.0 Å². The van der Waals surface area contributed by atoms with Crippen molar-refractivity contribution in [3.8, 4) is 0 Å². The Morgan fingerprint density at radius 3 is 2.50 bits per heavy atom. The van der Waals surface area contributed by atoms with Crippen molar-refractivity contribution in [3.63, 3.8) is 0 Å². The largest absolute Gasteiger partial charge is 0.481 e. The van der Waals surface area contributed by atoms with Crippen LogP contribution in [0.2, 0.25) is 0 Å². The summed E-state index contributed by atoms with van der Waals surface area (Å²) in [6, 6.07) is 7.28. The van der Waals surface area contributed by atoms with Gasteiger partial charge < -0.3 is 15.7 Å². The van der Waals surface area contributed by atoms with Crippen molar-refractivity contribution in [3.05, 3.63) is 48.4 Å². The molecule has 0 bridgehead atoms. The first-order chi connectivity index (χ1) is 10.6. The van der Waals surface area contributed by atoms with Crippen LogP contribution in [0, 0.1) is 0 Å². The topological polar surface area (TPSA) is 104 Å². The third kappa shape index (κ3) is 5.20. The number of amides is 1. The molecule has 1 amide bonds. The van der Waals surface area contributed by atoms with Gasteiger partial charge in [0.2, 0.25) is 5.91 Å². The number of carbonyl (C=O) groups is 2. The zero-order valence-electron chi connectivity index (χ0n) is 11.8. The molecule has 0 atom stereocenters. The lowest BCUT2D eigenvalue weighted by Crippen LogP contribution is -2.14. The van der Waals surface area contributed by atoms with Crippen LogP contribution in [0.3, 0.4) is 0 Å². The molecular weight excluding hydrogens is 284 g/mol. The second-order valence-electron chi connectivity index (χ2n) is 4.58. The van der Waals surface area contributed by atoms with Gasteiger partial charge in [0.05, 0.1) is 18.3 Å². The summed E-state index contributed by atoms with van der Waals surface area (Å²) in [5.41, 5.74) is 1.92. The highest BCUT2D eigenvalue weighted by Gasteiger charge is 2.06. The number of nitrogens with zero attached hydrogens (tertiary/aromatic N) is 2. The van der Waals surface area contributed by atoms with Gasteiger partial charge in [0.15, 0.2) is 0 Å². The molecular formula is C15H16N4O3. The highest BCUT2D eigenvalue weighted by Crippen LogP contribution is 2.11.